The summed E-state index contributed by atoms with van der Waals surface area (Å²) in [5.74, 6) is 5.15. The summed E-state index contributed by atoms with van der Waals surface area (Å²) in [6.07, 6.45) is 6.38. The molecule has 1 aliphatic heterocycles. The molecule has 0 N–H and O–H groups in total. The van der Waals surface area contributed by atoms with Gasteiger partial charge in [-0.05, 0) is 54.1 Å². The van der Waals surface area contributed by atoms with Crippen molar-refractivity contribution >= 4 is 5.91 Å². The van der Waals surface area contributed by atoms with Crippen molar-refractivity contribution in [2.24, 2.45) is 35.5 Å². The maximum Gasteiger partial charge on any atom is 0.253 e. The molecule has 20 heavy (non-hydrogen) atoms. The Morgan fingerprint density at radius 3 is 2.10 bits per heavy atom. The first kappa shape index (κ1) is 11.1. The van der Waals surface area contributed by atoms with E-state index in [0.29, 0.717) is 0 Å². The quantitative estimate of drug-likeness (QED) is 0.715. The summed E-state index contributed by atoms with van der Waals surface area (Å²) in [5.41, 5.74) is 0.844. The van der Waals surface area contributed by atoms with Crippen LogP contribution in [0.25, 0.3) is 0 Å². The van der Waals surface area contributed by atoms with Gasteiger partial charge in [0.05, 0.1) is 0 Å². The van der Waals surface area contributed by atoms with Gasteiger partial charge in [-0.25, -0.2) is 0 Å². The van der Waals surface area contributed by atoms with E-state index >= 15 is 0 Å². The molecule has 2 saturated carbocycles. The van der Waals surface area contributed by atoms with Crippen molar-refractivity contribution in [2.45, 2.75) is 6.42 Å². The number of hydrogen-bond donors (Lipinski definition) is 0. The van der Waals surface area contributed by atoms with E-state index in [1.807, 2.05) is 30.3 Å². The minimum absolute atomic E-state index is 0.230. The topological polar surface area (TPSA) is 20.3 Å². The van der Waals surface area contributed by atoms with Crippen LogP contribution in [0.15, 0.2) is 42.5 Å². The minimum atomic E-state index is 0.230. The zero-order chi connectivity index (χ0) is 13.3. The number of likely N-dealkylation sites (tertiary alicyclic amines) is 1. The zero-order valence-electron chi connectivity index (χ0n) is 11.5. The fourth-order valence-electron chi connectivity index (χ4n) is 5.18. The fraction of sp³-hybridized carbons (Fsp3) is 0.500. The number of benzene rings is 1. The molecule has 6 atom stereocenters. The third-order valence-electron chi connectivity index (χ3n) is 6.14. The molecule has 1 aromatic carbocycles. The standard InChI is InChI=1S/C18H19NO/c20-18(11-4-2-1-3-5-11)19-9-16-12-6-7-13(17(16)10-19)15-8-14(12)15/h1-7,12-17H,8-10H2/t12-,13+,14+,15-,16-,17?/m0/s1. The van der Waals surface area contributed by atoms with Crippen molar-refractivity contribution < 1.29 is 4.79 Å². The Morgan fingerprint density at radius 2 is 1.50 bits per heavy atom. The number of carbonyl (C=O) groups excluding carboxylic acids is 1. The van der Waals surface area contributed by atoms with Crippen LogP contribution in [0.2, 0.25) is 0 Å². The van der Waals surface area contributed by atoms with E-state index in [4.69, 9.17) is 0 Å². The molecule has 102 valence electrons. The van der Waals surface area contributed by atoms with Crippen molar-refractivity contribution in [3.63, 3.8) is 0 Å². The van der Waals surface area contributed by atoms with Crippen LogP contribution in [0.3, 0.4) is 0 Å². The molecule has 3 fully saturated rings. The summed E-state index contributed by atoms with van der Waals surface area (Å²) in [6.45, 7) is 1.96. The van der Waals surface area contributed by atoms with Crippen LogP contribution in [0, 0.1) is 35.5 Å². The van der Waals surface area contributed by atoms with Crippen molar-refractivity contribution in [3.05, 3.63) is 48.0 Å². The SMILES string of the molecule is O=C(c1ccccc1)N1CC2[C@@H](C1)[C@H]1C=C[C@@H]2[C@@H]2C[C@H]12. The molecule has 1 saturated heterocycles. The molecular formula is C18H19NO. The van der Waals surface area contributed by atoms with Crippen molar-refractivity contribution in [3.8, 4) is 0 Å². The van der Waals surface area contributed by atoms with Gasteiger partial charge in [-0.15, -0.1) is 0 Å². The minimum Gasteiger partial charge on any atom is -0.338 e. The second kappa shape index (κ2) is 3.75. The Labute approximate surface area is 119 Å². The highest BCUT2D eigenvalue weighted by Crippen LogP contribution is 2.64. The van der Waals surface area contributed by atoms with Crippen molar-refractivity contribution in [2.75, 3.05) is 13.1 Å². The van der Waals surface area contributed by atoms with Gasteiger partial charge in [-0.1, -0.05) is 30.4 Å². The van der Waals surface area contributed by atoms with Gasteiger partial charge < -0.3 is 4.90 Å². The second-order valence-electron chi connectivity index (χ2n) is 7.01. The smallest absolute Gasteiger partial charge is 0.253 e. The lowest BCUT2D eigenvalue weighted by Gasteiger charge is -2.40. The van der Waals surface area contributed by atoms with E-state index in [2.05, 4.69) is 17.1 Å². The number of rotatable bonds is 1. The third-order valence-corrected chi connectivity index (χ3v) is 6.14. The normalized spacial score (nSPS) is 43.3. The highest BCUT2D eigenvalue weighted by molar-refractivity contribution is 5.94. The molecule has 1 unspecified atom stereocenters. The molecule has 0 aromatic heterocycles. The average Bonchev–Trinajstić information content (AvgIpc) is 3.20. The van der Waals surface area contributed by atoms with E-state index in [-0.39, 0.29) is 5.91 Å². The molecule has 0 spiro atoms. The highest BCUT2D eigenvalue weighted by Gasteiger charge is 2.61. The van der Waals surface area contributed by atoms with Gasteiger partial charge in [0.2, 0.25) is 0 Å². The highest BCUT2D eigenvalue weighted by atomic mass is 16.2. The number of amides is 1. The Balaban J connectivity index is 1.41. The monoisotopic (exact) mass is 265 g/mol. The van der Waals surface area contributed by atoms with Crippen LogP contribution in [0.1, 0.15) is 16.8 Å². The zero-order valence-corrected chi connectivity index (χ0v) is 11.5. The Kier molecular flexibility index (Phi) is 2.09. The largest absolute Gasteiger partial charge is 0.338 e. The molecular weight excluding hydrogens is 246 g/mol. The average molecular weight is 265 g/mol. The first-order chi connectivity index (χ1) is 9.83. The summed E-state index contributed by atoms with van der Waals surface area (Å²) in [4.78, 5) is 14.7. The first-order valence-corrected chi connectivity index (χ1v) is 7.85. The first-order valence-electron chi connectivity index (χ1n) is 7.85. The fourth-order valence-corrected chi connectivity index (χ4v) is 5.18. The number of hydrogen-bond acceptors (Lipinski definition) is 1. The summed E-state index contributed by atoms with van der Waals surface area (Å²) in [5, 5.41) is 0. The molecule has 1 heterocycles. The molecule has 6 rings (SSSR count). The van der Waals surface area contributed by atoms with Crippen LogP contribution >= 0.6 is 0 Å². The summed E-state index contributed by atoms with van der Waals surface area (Å²) in [6, 6.07) is 9.76. The number of nitrogens with zero attached hydrogens (tertiary/aromatic N) is 1. The van der Waals surface area contributed by atoms with E-state index in [9.17, 15) is 4.79 Å². The van der Waals surface area contributed by atoms with Gasteiger partial charge >= 0.3 is 0 Å². The van der Waals surface area contributed by atoms with Crippen LogP contribution in [-0.2, 0) is 0 Å². The molecule has 0 radical (unpaired) electrons. The van der Waals surface area contributed by atoms with Crippen LogP contribution < -0.4 is 0 Å². The van der Waals surface area contributed by atoms with Gasteiger partial charge in [0.15, 0.2) is 0 Å². The molecule has 4 aliphatic carbocycles. The van der Waals surface area contributed by atoms with Gasteiger partial charge in [-0.2, -0.15) is 0 Å². The predicted octanol–water partition coefficient (Wildman–Crippen LogP) is 2.83. The summed E-state index contributed by atoms with van der Waals surface area (Å²) in [7, 11) is 0. The summed E-state index contributed by atoms with van der Waals surface area (Å²) >= 11 is 0. The Bertz CT molecular complexity index is 567. The lowest BCUT2D eigenvalue weighted by atomic mass is 9.64. The maximum atomic E-state index is 12.6. The Hall–Kier alpha value is -1.57. The second-order valence-corrected chi connectivity index (χ2v) is 7.01. The van der Waals surface area contributed by atoms with Crippen molar-refractivity contribution in [1.29, 1.82) is 0 Å². The number of carbonyl (C=O) groups is 1. The van der Waals surface area contributed by atoms with E-state index < -0.39 is 0 Å². The molecule has 2 nitrogen and oxygen atoms in total. The number of allylic oxidation sites excluding steroid dienone is 2. The van der Waals surface area contributed by atoms with Gasteiger partial charge in [0, 0.05) is 18.7 Å². The lowest BCUT2D eigenvalue weighted by Crippen LogP contribution is -2.37. The van der Waals surface area contributed by atoms with Crippen molar-refractivity contribution in [1.82, 2.24) is 4.90 Å². The van der Waals surface area contributed by atoms with E-state index in [1.165, 1.54) is 6.42 Å². The molecule has 2 bridgehead atoms. The van der Waals surface area contributed by atoms with Gasteiger partial charge in [0.1, 0.15) is 0 Å². The molecule has 1 amide bonds. The van der Waals surface area contributed by atoms with Crippen LogP contribution in [0.4, 0.5) is 0 Å². The van der Waals surface area contributed by atoms with Gasteiger partial charge in [0.25, 0.3) is 5.91 Å². The van der Waals surface area contributed by atoms with Crippen LogP contribution in [-0.4, -0.2) is 23.9 Å². The van der Waals surface area contributed by atoms with Gasteiger partial charge in [-0.3, -0.25) is 4.79 Å². The van der Waals surface area contributed by atoms with Crippen LogP contribution in [0.5, 0.6) is 0 Å². The molecule has 1 aromatic rings. The lowest BCUT2D eigenvalue weighted by molar-refractivity contribution is 0.0781. The third kappa shape index (κ3) is 1.37. The summed E-state index contributed by atoms with van der Waals surface area (Å²) < 4.78 is 0. The van der Waals surface area contributed by atoms with E-state index in [1.54, 1.807) is 0 Å². The molecule has 5 aliphatic rings. The van der Waals surface area contributed by atoms with E-state index in [0.717, 1.165) is 54.2 Å². The molecule has 2 heteroatoms. The Morgan fingerprint density at radius 1 is 0.900 bits per heavy atom. The predicted molar refractivity (Wildman–Crippen MR) is 77.0 cm³/mol. The maximum absolute atomic E-state index is 12.6.